The monoisotopic (exact) mass is 334 g/mol. The van der Waals surface area contributed by atoms with E-state index in [2.05, 4.69) is 15.5 Å². The molecule has 1 unspecified atom stereocenters. The Labute approximate surface area is 130 Å². The van der Waals surface area contributed by atoms with Crippen LogP contribution < -0.4 is 5.32 Å². The number of likely N-dealkylation sites (tertiary alicyclic amines) is 1. The van der Waals surface area contributed by atoms with E-state index in [0.29, 0.717) is 5.69 Å². The number of carbonyl (C=O) groups excluding carboxylic acids is 1. The predicted octanol–water partition coefficient (Wildman–Crippen LogP) is 2.47. The van der Waals surface area contributed by atoms with Gasteiger partial charge in [0, 0.05) is 18.7 Å². The van der Waals surface area contributed by atoms with Crippen LogP contribution in [0.2, 0.25) is 0 Å². The highest BCUT2D eigenvalue weighted by molar-refractivity contribution is 5.74. The molecule has 1 aromatic heterocycles. The molecular formula is C14H18F4N4O. The summed E-state index contributed by atoms with van der Waals surface area (Å²) in [4.78, 5) is 12.8. The molecule has 1 aromatic rings. The third kappa shape index (κ3) is 3.00. The number of alkyl halides is 4. The maximum atomic E-state index is 13.8. The number of rotatable bonds is 2. The number of nitrogens with one attached hydrogen (secondary N) is 2. The first-order valence-corrected chi connectivity index (χ1v) is 7.63. The van der Waals surface area contributed by atoms with E-state index in [1.54, 1.807) is 0 Å². The molecule has 0 bridgehead atoms. The molecule has 9 heteroatoms. The Morgan fingerprint density at radius 3 is 2.78 bits per heavy atom. The average molecular weight is 334 g/mol. The molecular weight excluding hydrogens is 316 g/mol. The van der Waals surface area contributed by atoms with Crippen molar-refractivity contribution in [3.63, 3.8) is 0 Å². The number of aryl methyl sites for hydroxylation is 1. The van der Waals surface area contributed by atoms with Gasteiger partial charge in [-0.1, -0.05) is 0 Å². The van der Waals surface area contributed by atoms with Crippen molar-refractivity contribution in [2.75, 3.05) is 13.1 Å². The minimum Gasteiger partial charge on any atom is -0.332 e. The van der Waals surface area contributed by atoms with E-state index in [4.69, 9.17) is 0 Å². The molecule has 0 radical (unpaired) electrons. The van der Waals surface area contributed by atoms with Gasteiger partial charge in [0.2, 0.25) is 5.67 Å². The molecule has 128 valence electrons. The zero-order valence-electron chi connectivity index (χ0n) is 12.5. The highest BCUT2D eigenvalue weighted by Gasteiger charge is 2.59. The summed E-state index contributed by atoms with van der Waals surface area (Å²) >= 11 is 0. The molecule has 23 heavy (non-hydrogen) atoms. The van der Waals surface area contributed by atoms with Gasteiger partial charge >= 0.3 is 12.2 Å². The third-order valence-electron chi connectivity index (χ3n) is 4.56. The lowest BCUT2D eigenvalue weighted by Gasteiger charge is -2.23. The summed E-state index contributed by atoms with van der Waals surface area (Å²) < 4.78 is 51.7. The second-order valence-electron chi connectivity index (χ2n) is 6.13. The summed E-state index contributed by atoms with van der Waals surface area (Å²) in [5, 5.41) is 9.62. The van der Waals surface area contributed by atoms with Gasteiger partial charge in [-0.15, -0.1) is 0 Å². The van der Waals surface area contributed by atoms with Crippen molar-refractivity contribution < 1.29 is 22.4 Å². The van der Waals surface area contributed by atoms with Gasteiger partial charge in [-0.2, -0.15) is 18.3 Å². The van der Waals surface area contributed by atoms with E-state index in [0.717, 1.165) is 41.8 Å². The molecule has 1 aliphatic heterocycles. The smallest absolute Gasteiger partial charge is 0.332 e. The topological polar surface area (TPSA) is 61.0 Å². The zero-order valence-corrected chi connectivity index (χ0v) is 12.5. The van der Waals surface area contributed by atoms with Gasteiger partial charge < -0.3 is 10.2 Å². The van der Waals surface area contributed by atoms with Crippen molar-refractivity contribution >= 4 is 6.03 Å². The number of aromatic amines is 1. The first-order valence-electron chi connectivity index (χ1n) is 7.63. The number of aromatic nitrogens is 2. The van der Waals surface area contributed by atoms with Crippen molar-refractivity contribution in [2.45, 2.75) is 50.5 Å². The molecule has 2 aliphatic rings. The number of hydrogen-bond donors (Lipinski definition) is 2. The van der Waals surface area contributed by atoms with Crippen LogP contribution in [0, 0.1) is 0 Å². The van der Waals surface area contributed by atoms with E-state index in [9.17, 15) is 22.4 Å². The molecule has 2 heterocycles. The first kappa shape index (κ1) is 16.1. The summed E-state index contributed by atoms with van der Waals surface area (Å²) in [5.41, 5.74) is -0.472. The van der Waals surface area contributed by atoms with Gasteiger partial charge in [0.15, 0.2) is 0 Å². The zero-order chi connectivity index (χ0) is 16.7. The van der Waals surface area contributed by atoms with Gasteiger partial charge in [0.25, 0.3) is 0 Å². The van der Waals surface area contributed by atoms with Crippen LogP contribution in [-0.2, 0) is 19.4 Å². The Hall–Kier alpha value is -1.80. The second kappa shape index (κ2) is 5.68. The molecule has 2 amide bonds. The van der Waals surface area contributed by atoms with E-state index in [1.807, 2.05) is 0 Å². The Bertz CT molecular complexity index is 600. The Morgan fingerprint density at radius 2 is 2.09 bits per heavy atom. The fourth-order valence-electron chi connectivity index (χ4n) is 3.14. The lowest BCUT2D eigenvalue weighted by atomic mass is 9.96. The van der Waals surface area contributed by atoms with Gasteiger partial charge in [0.1, 0.15) is 0 Å². The molecule has 1 saturated heterocycles. The van der Waals surface area contributed by atoms with Gasteiger partial charge in [-0.05, 0) is 31.2 Å². The standard InChI is InChI=1S/C14H18F4N4O/c15-13(14(16,17)18)5-6-22(8-13)12(23)19-7-11-9-3-1-2-4-10(9)20-21-11/h1-8H2,(H,19,23)(H,20,21). The number of fused-ring (bicyclic) bond motifs is 1. The molecule has 0 aromatic carbocycles. The summed E-state index contributed by atoms with van der Waals surface area (Å²) in [7, 11) is 0. The van der Waals surface area contributed by atoms with Gasteiger partial charge in [-0.25, -0.2) is 9.18 Å². The van der Waals surface area contributed by atoms with Crippen LogP contribution in [0.15, 0.2) is 0 Å². The van der Waals surface area contributed by atoms with Crippen LogP contribution in [0.5, 0.6) is 0 Å². The number of halogens is 4. The fraction of sp³-hybridized carbons (Fsp3) is 0.714. The summed E-state index contributed by atoms with van der Waals surface area (Å²) in [6.45, 7) is -1.08. The van der Waals surface area contributed by atoms with Gasteiger partial charge in [0.05, 0.1) is 18.8 Å². The minimum absolute atomic E-state index is 0.131. The van der Waals surface area contributed by atoms with Crippen molar-refractivity contribution in [3.05, 3.63) is 17.0 Å². The number of amides is 2. The van der Waals surface area contributed by atoms with E-state index in [-0.39, 0.29) is 13.1 Å². The van der Waals surface area contributed by atoms with Crippen molar-refractivity contribution in [2.24, 2.45) is 0 Å². The third-order valence-corrected chi connectivity index (χ3v) is 4.56. The lowest BCUT2D eigenvalue weighted by Crippen LogP contribution is -2.46. The summed E-state index contributed by atoms with van der Waals surface area (Å²) in [5.74, 6) is 0. The summed E-state index contributed by atoms with van der Waals surface area (Å²) in [6.07, 6.45) is -1.74. The molecule has 1 aliphatic carbocycles. The number of hydrogen-bond acceptors (Lipinski definition) is 2. The fourth-order valence-corrected chi connectivity index (χ4v) is 3.14. The van der Waals surface area contributed by atoms with E-state index < -0.39 is 30.8 Å². The largest absolute Gasteiger partial charge is 0.424 e. The molecule has 2 N–H and O–H groups in total. The van der Waals surface area contributed by atoms with Crippen LogP contribution in [0.4, 0.5) is 22.4 Å². The van der Waals surface area contributed by atoms with Crippen molar-refractivity contribution in [1.82, 2.24) is 20.4 Å². The van der Waals surface area contributed by atoms with Crippen molar-refractivity contribution in [3.8, 4) is 0 Å². The number of nitrogens with zero attached hydrogens (tertiary/aromatic N) is 2. The maximum Gasteiger partial charge on any atom is 0.424 e. The SMILES string of the molecule is O=C(NCc1n[nH]c2c1CCCC2)N1CCC(F)(C(F)(F)F)C1. The molecule has 0 saturated carbocycles. The highest BCUT2D eigenvalue weighted by Crippen LogP contribution is 2.40. The predicted molar refractivity (Wildman–Crippen MR) is 73.5 cm³/mol. The number of carbonyl (C=O) groups is 1. The molecule has 5 nitrogen and oxygen atoms in total. The highest BCUT2D eigenvalue weighted by atomic mass is 19.4. The Kier molecular flexibility index (Phi) is 3.97. The molecule has 3 rings (SSSR count). The average Bonchev–Trinajstić information content (AvgIpc) is 3.09. The summed E-state index contributed by atoms with van der Waals surface area (Å²) in [6, 6.07) is -0.693. The molecule has 1 atom stereocenters. The van der Waals surface area contributed by atoms with E-state index in [1.165, 1.54) is 0 Å². The van der Waals surface area contributed by atoms with Crippen LogP contribution in [-0.4, -0.2) is 46.1 Å². The molecule has 0 spiro atoms. The Balaban J connectivity index is 1.58. The van der Waals surface area contributed by atoms with E-state index >= 15 is 0 Å². The normalized spacial score (nSPS) is 24.6. The minimum atomic E-state index is -4.96. The molecule has 1 fully saturated rings. The van der Waals surface area contributed by atoms with Crippen LogP contribution >= 0.6 is 0 Å². The second-order valence-corrected chi connectivity index (χ2v) is 6.13. The quantitative estimate of drug-likeness (QED) is 0.816. The van der Waals surface area contributed by atoms with Crippen LogP contribution in [0.3, 0.4) is 0 Å². The van der Waals surface area contributed by atoms with Crippen molar-refractivity contribution in [1.29, 1.82) is 0 Å². The van der Waals surface area contributed by atoms with Crippen LogP contribution in [0.1, 0.15) is 36.2 Å². The van der Waals surface area contributed by atoms with Crippen LogP contribution in [0.25, 0.3) is 0 Å². The number of urea groups is 1. The lowest BCUT2D eigenvalue weighted by molar-refractivity contribution is -0.224. The maximum absolute atomic E-state index is 13.8. The Morgan fingerprint density at radius 1 is 1.35 bits per heavy atom. The first-order chi connectivity index (χ1) is 10.8. The van der Waals surface area contributed by atoms with Gasteiger partial charge in [-0.3, -0.25) is 5.10 Å². The number of H-pyrrole nitrogens is 1.